The van der Waals surface area contributed by atoms with Crippen LogP contribution < -0.4 is 15.4 Å². The Morgan fingerprint density at radius 1 is 1.09 bits per heavy atom. The van der Waals surface area contributed by atoms with Gasteiger partial charge in [-0.1, -0.05) is 6.92 Å². The summed E-state index contributed by atoms with van der Waals surface area (Å²) in [4.78, 5) is 37.7. The second-order valence-electron chi connectivity index (χ2n) is 8.12. The van der Waals surface area contributed by atoms with Gasteiger partial charge in [-0.15, -0.1) is 0 Å². The van der Waals surface area contributed by atoms with Crippen molar-refractivity contribution in [3.63, 3.8) is 0 Å². The minimum atomic E-state index is -3.81. The predicted molar refractivity (Wildman–Crippen MR) is 125 cm³/mol. The molecule has 3 amide bonds. The Balaban J connectivity index is 1.42. The molecular formula is C23H26N4O6S. The Kier molecular flexibility index (Phi) is 6.58. The SMILES string of the molecule is CC[C@@H]1Oc2ccc(S(=O)(=O)N3CCN(C(=O)c4ccc(NC(C)=O)cc4)CC3)cc2NC1=O. The number of hydrogen-bond donors (Lipinski definition) is 2. The van der Waals surface area contributed by atoms with Crippen molar-refractivity contribution in [1.82, 2.24) is 9.21 Å². The molecule has 0 spiro atoms. The number of anilines is 2. The molecule has 4 rings (SSSR count). The lowest BCUT2D eigenvalue weighted by Crippen LogP contribution is -2.50. The van der Waals surface area contributed by atoms with Gasteiger partial charge in [0.1, 0.15) is 5.75 Å². The van der Waals surface area contributed by atoms with Gasteiger partial charge in [-0.2, -0.15) is 4.31 Å². The summed E-state index contributed by atoms with van der Waals surface area (Å²) in [5, 5.41) is 5.35. The lowest BCUT2D eigenvalue weighted by atomic mass is 10.1. The number of carbonyl (C=O) groups excluding carboxylic acids is 3. The zero-order valence-corrected chi connectivity index (χ0v) is 19.7. The highest BCUT2D eigenvalue weighted by molar-refractivity contribution is 7.89. The number of rotatable bonds is 5. The third kappa shape index (κ3) is 4.75. The fraction of sp³-hybridized carbons (Fsp3) is 0.348. The highest BCUT2D eigenvalue weighted by Gasteiger charge is 2.32. The van der Waals surface area contributed by atoms with E-state index in [0.717, 1.165) is 0 Å². The van der Waals surface area contributed by atoms with Gasteiger partial charge in [0.15, 0.2) is 6.10 Å². The first-order valence-electron chi connectivity index (χ1n) is 11.0. The molecule has 2 aliphatic rings. The summed E-state index contributed by atoms with van der Waals surface area (Å²) in [6, 6.07) is 11.0. The molecule has 180 valence electrons. The molecule has 2 aromatic rings. The summed E-state index contributed by atoms with van der Waals surface area (Å²) in [6.07, 6.45) is -0.0875. The molecule has 2 heterocycles. The Hall–Kier alpha value is -3.44. The predicted octanol–water partition coefficient (Wildman–Crippen LogP) is 1.90. The van der Waals surface area contributed by atoms with Crippen LogP contribution in [0.4, 0.5) is 11.4 Å². The maximum atomic E-state index is 13.2. The van der Waals surface area contributed by atoms with E-state index in [9.17, 15) is 22.8 Å². The molecule has 34 heavy (non-hydrogen) atoms. The van der Waals surface area contributed by atoms with Gasteiger partial charge >= 0.3 is 0 Å². The molecule has 11 heteroatoms. The van der Waals surface area contributed by atoms with E-state index in [-0.39, 0.29) is 48.8 Å². The number of amides is 3. The average Bonchev–Trinajstić information content (AvgIpc) is 2.83. The zero-order chi connectivity index (χ0) is 24.5. The first-order valence-corrected chi connectivity index (χ1v) is 12.4. The summed E-state index contributed by atoms with van der Waals surface area (Å²) in [5.74, 6) is -0.270. The largest absolute Gasteiger partial charge is 0.478 e. The number of benzene rings is 2. The van der Waals surface area contributed by atoms with Gasteiger partial charge in [0.2, 0.25) is 15.9 Å². The average molecular weight is 487 g/mol. The van der Waals surface area contributed by atoms with Crippen LogP contribution >= 0.6 is 0 Å². The van der Waals surface area contributed by atoms with Crippen molar-refractivity contribution >= 4 is 39.1 Å². The number of carbonyl (C=O) groups is 3. The van der Waals surface area contributed by atoms with E-state index in [1.54, 1.807) is 35.2 Å². The molecular weight excluding hydrogens is 460 g/mol. The molecule has 0 aliphatic carbocycles. The van der Waals surface area contributed by atoms with Crippen molar-refractivity contribution in [3.05, 3.63) is 48.0 Å². The Labute approximate surface area is 197 Å². The summed E-state index contributed by atoms with van der Waals surface area (Å²) >= 11 is 0. The van der Waals surface area contributed by atoms with Crippen LogP contribution in [0.1, 0.15) is 30.6 Å². The van der Waals surface area contributed by atoms with E-state index in [2.05, 4.69) is 10.6 Å². The molecule has 0 saturated carbocycles. The van der Waals surface area contributed by atoms with Crippen LogP contribution in [0.15, 0.2) is 47.4 Å². The molecule has 2 N–H and O–H groups in total. The van der Waals surface area contributed by atoms with Crippen molar-refractivity contribution < 1.29 is 27.5 Å². The van der Waals surface area contributed by atoms with Gasteiger partial charge in [0, 0.05) is 44.4 Å². The zero-order valence-electron chi connectivity index (χ0n) is 18.9. The Bertz CT molecular complexity index is 1220. The second kappa shape index (κ2) is 9.43. The number of piperazine rings is 1. The second-order valence-corrected chi connectivity index (χ2v) is 10.1. The summed E-state index contributed by atoms with van der Waals surface area (Å²) in [6.45, 7) is 4.02. The molecule has 0 radical (unpaired) electrons. The van der Waals surface area contributed by atoms with Gasteiger partial charge < -0.3 is 20.3 Å². The standard InChI is InChI=1S/C23H26N4O6S/c1-3-20-22(29)25-19-14-18(8-9-21(19)33-20)34(31,32)27-12-10-26(11-13-27)23(30)16-4-6-17(7-5-16)24-15(2)28/h4-9,14,20H,3,10-13H2,1-2H3,(H,24,28)(H,25,29)/t20-/m0/s1. The number of hydrogen-bond acceptors (Lipinski definition) is 6. The topological polar surface area (TPSA) is 125 Å². The number of sulfonamides is 1. The van der Waals surface area contributed by atoms with E-state index in [1.165, 1.54) is 23.4 Å². The number of nitrogens with one attached hydrogen (secondary N) is 2. The molecule has 1 fully saturated rings. The number of fused-ring (bicyclic) bond motifs is 1. The van der Waals surface area contributed by atoms with E-state index in [1.807, 2.05) is 6.92 Å². The van der Waals surface area contributed by atoms with Gasteiger partial charge in [0.05, 0.1) is 10.6 Å². The normalized spacial score (nSPS) is 18.5. The third-order valence-electron chi connectivity index (χ3n) is 5.76. The van der Waals surface area contributed by atoms with Crippen molar-refractivity contribution in [1.29, 1.82) is 0 Å². The van der Waals surface area contributed by atoms with Crippen LogP contribution in [0.5, 0.6) is 5.75 Å². The van der Waals surface area contributed by atoms with Gasteiger partial charge in [-0.3, -0.25) is 14.4 Å². The van der Waals surface area contributed by atoms with E-state index in [0.29, 0.717) is 29.1 Å². The van der Waals surface area contributed by atoms with Crippen molar-refractivity contribution in [2.24, 2.45) is 0 Å². The lowest BCUT2D eigenvalue weighted by Gasteiger charge is -2.34. The summed E-state index contributed by atoms with van der Waals surface area (Å²) in [5.41, 5.74) is 1.38. The molecule has 0 bridgehead atoms. The molecule has 10 nitrogen and oxygen atoms in total. The molecule has 0 aromatic heterocycles. The van der Waals surface area contributed by atoms with Crippen LogP contribution in [0.25, 0.3) is 0 Å². The minimum Gasteiger partial charge on any atom is -0.478 e. The van der Waals surface area contributed by atoms with Gasteiger partial charge in [-0.25, -0.2) is 8.42 Å². The first kappa shape index (κ1) is 23.7. The van der Waals surface area contributed by atoms with Crippen molar-refractivity contribution in [3.8, 4) is 5.75 Å². The van der Waals surface area contributed by atoms with Crippen LogP contribution in [0, 0.1) is 0 Å². The highest BCUT2D eigenvalue weighted by Crippen LogP contribution is 2.33. The minimum absolute atomic E-state index is 0.0541. The number of nitrogens with zero attached hydrogens (tertiary/aromatic N) is 2. The van der Waals surface area contributed by atoms with Crippen LogP contribution in [-0.2, 0) is 19.6 Å². The maximum Gasteiger partial charge on any atom is 0.265 e. The Morgan fingerprint density at radius 3 is 2.38 bits per heavy atom. The summed E-state index contributed by atoms with van der Waals surface area (Å²) < 4.78 is 33.3. The molecule has 1 atom stereocenters. The van der Waals surface area contributed by atoms with Crippen molar-refractivity contribution in [2.75, 3.05) is 36.8 Å². The molecule has 2 aromatic carbocycles. The Morgan fingerprint density at radius 2 is 1.76 bits per heavy atom. The quantitative estimate of drug-likeness (QED) is 0.665. The van der Waals surface area contributed by atoms with E-state index >= 15 is 0 Å². The molecule has 1 saturated heterocycles. The molecule has 2 aliphatic heterocycles. The van der Waals surface area contributed by atoms with Gasteiger partial charge in [-0.05, 0) is 48.9 Å². The van der Waals surface area contributed by atoms with E-state index < -0.39 is 16.1 Å². The first-order chi connectivity index (χ1) is 16.2. The fourth-order valence-electron chi connectivity index (χ4n) is 3.92. The summed E-state index contributed by atoms with van der Waals surface area (Å²) in [7, 11) is -3.81. The van der Waals surface area contributed by atoms with Crippen molar-refractivity contribution in [2.45, 2.75) is 31.3 Å². The molecule has 0 unspecified atom stereocenters. The highest BCUT2D eigenvalue weighted by atomic mass is 32.2. The fourth-order valence-corrected chi connectivity index (χ4v) is 5.37. The van der Waals surface area contributed by atoms with E-state index in [4.69, 9.17) is 4.74 Å². The lowest BCUT2D eigenvalue weighted by molar-refractivity contribution is -0.123. The smallest absolute Gasteiger partial charge is 0.265 e. The number of ether oxygens (including phenoxy) is 1. The third-order valence-corrected chi connectivity index (χ3v) is 7.65. The maximum absolute atomic E-state index is 13.2. The van der Waals surface area contributed by atoms with Crippen LogP contribution in [-0.4, -0.2) is 67.6 Å². The van der Waals surface area contributed by atoms with Crippen LogP contribution in [0.2, 0.25) is 0 Å². The van der Waals surface area contributed by atoms with Crippen LogP contribution in [0.3, 0.4) is 0 Å². The van der Waals surface area contributed by atoms with Gasteiger partial charge in [0.25, 0.3) is 11.8 Å². The monoisotopic (exact) mass is 486 g/mol.